The van der Waals surface area contributed by atoms with Crippen LogP contribution in [0.4, 0.5) is 4.39 Å². The minimum absolute atomic E-state index is 0.116. The van der Waals surface area contributed by atoms with Gasteiger partial charge in [-0.2, -0.15) is 0 Å². The molecule has 12 heavy (non-hydrogen) atoms. The highest BCUT2D eigenvalue weighted by Gasteiger charge is 2.02. The predicted octanol–water partition coefficient (Wildman–Crippen LogP) is 2.20. The first kappa shape index (κ1) is 9.20. The van der Waals surface area contributed by atoms with Gasteiger partial charge in [-0.15, -0.1) is 0 Å². The monoisotopic (exact) mass is 167 g/mol. The topological polar surface area (TPSA) is 3.24 Å². The Labute approximate surface area is 72.8 Å². The van der Waals surface area contributed by atoms with E-state index in [2.05, 4.69) is 0 Å². The van der Waals surface area contributed by atoms with Crippen LogP contribution in [-0.4, -0.2) is 19.0 Å². The number of benzene rings is 1. The van der Waals surface area contributed by atoms with Crippen LogP contribution in [0.2, 0.25) is 0 Å². The summed E-state index contributed by atoms with van der Waals surface area (Å²) >= 11 is 0. The maximum atomic E-state index is 13.1. The van der Waals surface area contributed by atoms with Gasteiger partial charge in [-0.25, -0.2) is 4.39 Å². The van der Waals surface area contributed by atoms with Gasteiger partial charge < -0.3 is 4.90 Å². The molecule has 0 heterocycles. The molecule has 0 aliphatic carbocycles. The van der Waals surface area contributed by atoms with Gasteiger partial charge in [0.2, 0.25) is 0 Å². The van der Waals surface area contributed by atoms with Crippen LogP contribution in [0.5, 0.6) is 0 Å². The third-order valence-corrected chi connectivity index (χ3v) is 1.69. The van der Waals surface area contributed by atoms with Crippen LogP contribution in [0.3, 0.4) is 0 Å². The molecule has 0 spiro atoms. The average Bonchev–Trinajstić information content (AvgIpc) is 1.96. The molecular formula is C10H14FN. The molecule has 2 heteroatoms. The van der Waals surface area contributed by atoms with Crippen molar-refractivity contribution in [1.82, 2.24) is 4.90 Å². The number of hydrogen-bond donors (Lipinski definition) is 0. The Bertz CT molecular complexity index is 269. The third-order valence-electron chi connectivity index (χ3n) is 1.69. The van der Waals surface area contributed by atoms with Crippen molar-refractivity contribution < 1.29 is 4.39 Å². The highest BCUT2D eigenvalue weighted by atomic mass is 19.1. The average molecular weight is 167 g/mol. The zero-order valence-corrected chi connectivity index (χ0v) is 7.76. The summed E-state index contributed by atoms with van der Waals surface area (Å²) in [6.07, 6.45) is 0. The molecule has 1 aromatic rings. The largest absolute Gasteiger partial charge is 0.305 e. The molecule has 0 radical (unpaired) electrons. The van der Waals surface area contributed by atoms with Crippen LogP contribution in [0.1, 0.15) is 11.1 Å². The van der Waals surface area contributed by atoms with Gasteiger partial charge in [0.25, 0.3) is 0 Å². The molecule has 0 atom stereocenters. The molecule has 0 unspecified atom stereocenters. The lowest BCUT2D eigenvalue weighted by Crippen LogP contribution is -2.11. The lowest BCUT2D eigenvalue weighted by molar-refractivity contribution is 0.392. The van der Waals surface area contributed by atoms with Crippen molar-refractivity contribution in [2.75, 3.05) is 14.1 Å². The summed E-state index contributed by atoms with van der Waals surface area (Å²) < 4.78 is 13.1. The number of nitrogens with zero attached hydrogens (tertiary/aromatic N) is 1. The van der Waals surface area contributed by atoms with Crippen LogP contribution in [0, 0.1) is 12.7 Å². The van der Waals surface area contributed by atoms with Gasteiger partial charge in [-0.3, -0.25) is 0 Å². The maximum absolute atomic E-state index is 13.1. The van der Waals surface area contributed by atoms with Crippen molar-refractivity contribution in [1.29, 1.82) is 0 Å². The van der Waals surface area contributed by atoms with Gasteiger partial charge in [0.15, 0.2) is 0 Å². The second-order valence-electron chi connectivity index (χ2n) is 3.33. The molecule has 0 saturated heterocycles. The smallest absolute Gasteiger partial charge is 0.127 e. The van der Waals surface area contributed by atoms with E-state index < -0.39 is 0 Å². The normalized spacial score (nSPS) is 10.8. The standard InChI is InChI=1S/C10H14FN/c1-8-4-5-10(11)9(6-8)7-12(2)3/h4-6H,7H2,1-3H3. The zero-order valence-electron chi connectivity index (χ0n) is 7.76. The number of rotatable bonds is 2. The van der Waals surface area contributed by atoms with Crippen molar-refractivity contribution in [3.8, 4) is 0 Å². The van der Waals surface area contributed by atoms with Crippen LogP contribution in [-0.2, 0) is 6.54 Å². The first-order valence-corrected chi connectivity index (χ1v) is 3.99. The second-order valence-corrected chi connectivity index (χ2v) is 3.33. The van der Waals surface area contributed by atoms with Crippen LogP contribution < -0.4 is 0 Å². The minimum Gasteiger partial charge on any atom is -0.305 e. The Morgan fingerprint density at radius 2 is 2.00 bits per heavy atom. The lowest BCUT2D eigenvalue weighted by atomic mass is 10.1. The SMILES string of the molecule is Cc1ccc(F)c(CN(C)C)c1. The summed E-state index contributed by atoms with van der Waals surface area (Å²) in [5, 5.41) is 0. The first-order valence-electron chi connectivity index (χ1n) is 3.99. The van der Waals surface area contributed by atoms with Crippen molar-refractivity contribution in [2.24, 2.45) is 0 Å². The van der Waals surface area contributed by atoms with Crippen molar-refractivity contribution in [3.05, 3.63) is 35.1 Å². The highest BCUT2D eigenvalue weighted by molar-refractivity contribution is 5.23. The van der Waals surface area contributed by atoms with Gasteiger partial charge >= 0.3 is 0 Å². The van der Waals surface area contributed by atoms with Gasteiger partial charge in [0.1, 0.15) is 5.82 Å². The first-order chi connectivity index (χ1) is 5.59. The summed E-state index contributed by atoms with van der Waals surface area (Å²) in [6.45, 7) is 2.63. The molecule has 0 aliphatic rings. The second kappa shape index (κ2) is 3.68. The third kappa shape index (κ3) is 2.31. The van der Waals surface area contributed by atoms with Gasteiger partial charge in [-0.05, 0) is 27.1 Å². The van der Waals surface area contributed by atoms with Crippen LogP contribution in [0.15, 0.2) is 18.2 Å². The van der Waals surface area contributed by atoms with Crippen LogP contribution >= 0.6 is 0 Å². The summed E-state index contributed by atoms with van der Waals surface area (Å²) in [7, 11) is 3.86. The van der Waals surface area contributed by atoms with E-state index in [9.17, 15) is 4.39 Å². The minimum atomic E-state index is -0.116. The number of hydrogen-bond acceptors (Lipinski definition) is 1. The van der Waals surface area contributed by atoms with Crippen molar-refractivity contribution in [3.63, 3.8) is 0 Å². The van der Waals surface area contributed by atoms with Crippen LogP contribution in [0.25, 0.3) is 0 Å². The Morgan fingerprint density at radius 1 is 1.33 bits per heavy atom. The van der Waals surface area contributed by atoms with Gasteiger partial charge in [0, 0.05) is 12.1 Å². The fraction of sp³-hybridized carbons (Fsp3) is 0.400. The van der Waals surface area contributed by atoms with Crippen molar-refractivity contribution >= 4 is 0 Å². The molecule has 0 aliphatic heterocycles. The molecule has 0 N–H and O–H groups in total. The van der Waals surface area contributed by atoms with E-state index in [1.807, 2.05) is 32.0 Å². The molecule has 0 aromatic heterocycles. The molecule has 0 saturated carbocycles. The summed E-state index contributed by atoms with van der Waals surface area (Å²) in [5.41, 5.74) is 1.87. The fourth-order valence-corrected chi connectivity index (χ4v) is 1.17. The molecule has 0 fully saturated rings. The Morgan fingerprint density at radius 3 is 2.58 bits per heavy atom. The highest BCUT2D eigenvalue weighted by Crippen LogP contribution is 2.10. The van der Waals surface area contributed by atoms with E-state index in [4.69, 9.17) is 0 Å². The molecular weight excluding hydrogens is 153 g/mol. The molecule has 0 bridgehead atoms. The Kier molecular flexibility index (Phi) is 2.82. The molecule has 66 valence electrons. The van der Waals surface area contributed by atoms with E-state index in [0.717, 1.165) is 11.1 Å². The van der Waals surface area contributed by atoms with Gasteiger partial charge in [-0.1, -0.05) is 17.7 Å². The van der Waals surface area contributed by atoms with Gasteiger partial charge in [0.05, 0.1) is 0 Å². The molecule has 0 amide bonds. The number of halogens is 1. The fourth-order valence-electron chi connectivity index (χ4n) is 1.17. The van der Waals surface area contributed by atoms with E-state index in [1.165, 1.54) is 6.07 Å². The van der Waals surface area contributed by atoms with E-state index in [0.29, 0.717) is 6.54 Å². The van der Waals surface area contributed by atoms with Crippen molar-refractivity contribution in [2.45, 2.75) is 13.5 Å². The maximum Gasteiger partial charge on any atom is 0.127 e. The van der Waals surface area contributed by atoms with E-state index in [-0.39, 0.29) is 5.82 Å². The quantitative estimate of drug-likeness (QED) is 0.652. The lowest BCUT2D eigenvalue weighted by Gasteiger charge is -2.10. The van der Waals surface area contributed by atoms with E-state index in [1.54, 1.807) is 6.07 Å². The summed E-state index contributed by atoms with van der Waals surface area (Å²) in [6, 6.07) is 5.19. The Hall–Kier alpha value is -0.890. The van der Waals surface area contributed by atoms with E-state index >= 15 is 0 Å². The summed E-state index contributed by atoms with van der Waals surface area (Å²) in [5.74, 6) is -0.116. The predicted molar refractivity (Wildman–Crippen MR) is 48.5 cm³/mol. The summed E-state index contributed by atoms with van der Waals surface area (Å²) in [4.78, 5) is 1.96. The Balaban J connectivity index is 2.90. The number of aryl methyl sites for hydroxylation is 1. The molecule has 1 nitrogen and oxygen atoms in total. The zero-order chi connectivity index (χ0) is 9.14. The molecule has 1 rings (SSSR count). The molecule has 1 aromatic carbocycles.